The molecule has 0 heterocycles. The van der Waals surface area contributed by atoms with Crippen molar-refractivity contribution in [3.05, 3.63) is 63.6 Å². The zero-order chi connectivity index (χ0) is 22.9. The molecule has 0 spiro atoms. The second kappa shape index (κ2) is 11.4. The van der Waals surface area contributed by atoms with Crippen LogP contribution in [0.3, 0.4) is 0 Å². The quantitative estimate of drug-likeness (QED) is 0.348. The molecule has 10 heteroatoms. The van der Waals surface area contributed by atoms with E-state index < -0.39 is 15.5 Å². The molecule has 2 aromatic rings. The Kier molecular flexibility index (Phi) is 9.83. The molecule has 0 saturated heterocycles. The van der Waals surface area contributed by atoms with Gasteiger partial charge in [-0.05, 0) is 43.2 Å². The Morgan fingerprint density at radius 3 is 2.27 bits per heavy atom. The Morgan fingerprint density at radius 2 is 1.73 bits per heavy atom. The number of sulfonamides is 1. The number of rotatable bonds is 7. The van der Waals surface area contributed by atoms with Crippen molar-refractivity contribution in [1.29, 1.82) is 0 Å². The lowest BCUT2D eigenvalue weighted by molar-refractivity contribution is -0.0429. The second-order valence-electron chi connectivity index (χ2n) is 5.89. The summed E-state index contributed by atoms with van der Waals surface area (Å²) in [5, 5.41) is 4.01. The lowest BCUT2D eigenvalue weighted by Crippen LogP contribution is -2.30. The van der Waals surface area contributed by atoms with Crippen LogP contribution < -0.4 is 4.72 Å². The van der Waals surface area contributed by atoms with Crippen molar-refractivity contribution in [2.75, 3.05) is 4.72 Å². The Bertz CT molecular complexity index is 960. The first-order chi connectivity index (χ1) is 14.0. The third-order valence-corrected chi connectivity index (χ3v) is 5.32. The minimum absolute atomic E-state index is 0.159. The van der Waals surface area contributed by atoms with Crippen molar-refractivity contribution >= 4 is 37.4 Å². The van der Waals surface area contributed by atoms with Gasteiger partial charge in [0.15, 0.2) is 0 Å². The fraction of sp³-hybridized carbons (Fsp3) is 0.350. The fourth-order valence-electron chi connectivity index (χ4n) is 2.26. The first-order valence-corrected chi connectivity index (χ1v) is 11.4. The Balaban J connectivity index is 0.00000218. The average Bonchev–Trinajstić information content (AvgIpc) is 2.69. The highest BCUT2D eigenvalue weighted by molar-refractivity contribution is 9.10. The van der Waals surface area contributed by atoms with Crippen LogP contribution in [0.4, 0.5) is 18.9 Å². The molecule has 30 heavy (non-hydrogen) atoms. The molecule has 0 aromatic heterocycles. The van der Waals surface area contributed by atoms with Crippen LogP contribution in [-0.2, 0) is 21.5 Å². The van der Waals surface area contributed by atoms with Gasteiger partial charge in [0, 0.05) is 10.0 Å². The first-order valence-electron chi connectivity index (χ1n) is 9.17. The van der Waals surface area contributed by atoms with Gasteiger partial charge in [0.1, 0.15) is 6.61 Å². The predicted octanol–water partition coefficient (Wildman–Crippen LogP) is 6.38. The number of anilines is 1. The van der Waals surface area contributed by atoms with Gasteiger partial charge in [-0.2, -0.15) is 21.6 Å². The number of benzene rings is 2. The molecule has 0 amide bonds. The van der Waals surface area contributed by atoms with Gasteiger partial charge < -0.3 is 4.84 Å². The maximum atomic E-state index is 12.7. The van der Waals surface area contributed by atoms with Crippen molar-refractivity contribution in [2.24, 2.45) is 5.16 Å². The van der Waals surface area contributed by atoms with Gasteiger partial charge in [-0.15, -0.1) is 0 Å². The van der Waals surface area contributed by atoms with Gasteiger partial charge >= 0.3 is 15.5 Å². The Labute approximate surface area is 183 Å². The van der Waals surface area contributed by atoms with Crippen LogP contribution in [0, 0.1) is 6.92 Å². The molecular formula is C20H24BrF3N2O3S. The van der Waals surface area contributed by atoms with E-state index in [0.29, 0.717) is 12.1 Å². The van der Waals surface area contributed by atoms with Crippen molar-refractivity contribution in [2.45, 2.75) is 46.2 Å². The molecule has 5 nitrogen and oxygen atoms in total. The topological polar surface area (TPSA) is 67.8 Å². The minimum atomic E-state index is -5.55. The summed E-state index contributed by atoms with van der Waals surface area (Å²) in [6.07, 6.45) is 0.324. The van der Waals surface area contributed by atoms with Crippen LogP contribution in [0.25, 0.3) is 0 Å². The van der Waals surface area contributed by atoms with Gasteiger partial charge in [0.2, 0.25) is 0 Å². The third kappa shape index (κ3) is 7.32. The highest BCUT2D eigenvalue weighted by atomic mass is 79.9. The van der Waals surface area contributed by atoms with Gasteiger partial charge in [0.25, 0.3) is 0 Å². The molecular weight excluding hydrogens is 485 g/mol. The van der Waals surface area contributed by atoms with E-state index in [-0.39, 0.29) is 17.9 Å². The minimum Gasteiger partial charge on any atom is -0.391 e. The van der Waals surface area contributed by atoms with E-state index >= 15 is 0 Å². The van der Waals surface area contributed by atoms with E-state index in [1.54, 1.807) is 24.6 Å². The monoisotopic (exact) mass is 508 g/mol. The summed E-state index contributed by atoms with van der Waals surface area (Å²) in [7, 11) is -5.55. The van der Waals surface area contributed by atoms with E-state index in [1.807, 2.05) is 38.1 Å². The van der Waals surface area contributed by atoms with Gasteiger partial charge in [-0.3, -0.25) is 4.72 Å². The normalized spacial score (nSPS) is 12.1. The molecule has 166 valence electrons. The van der Waals surface area contributed by atoms with Crippen molar-refractivity contribution < 1.29 is 26.4 Å². The summed E-state index contributed by atoms with van der Waals surface area (Å²) >= 11 is 3.33. The number of aryl methyl sites for hydroxylation is 1. The van der Waals surface area contributed by atoms with Crippen molar-refractivity contribution in [1.82, 2.24) is 0 Å². The number of hydrogen-bond acceptors (Lipinski definition) is 4. The third-order valence-electron chi connectivity index (χ3n) is 3.69. The molecule has 0 bridgehead atoms. The zero-order valence-corrected chi connectivity index (χ0v) is 19.5. The molecule has 0 fully saturated rings. The summed E-state index contributed by atoms with van der Waals surface area (Å²) in [6, 6.07) is 11.7. The maximum Gasteiger partial charge on any atom is 0.516 e. The zero-order valence-electron chi connectivity index (χ0n) is 17.0. The Morgan fingerprint density at radius 1 is 1.13 bits per heavy atom. The van der Waals surface area contributed by atoms with E-state index in [0.717, 1.165) is 15.6 Å². The molecule has 1 N–H and O–H groups in total. The van der Waals surface area contributed by atoms with Crippen LogP contribution in [-0.4, -0.2) is 19.6 Å². The van der Waals surface area contributed by atoms with E-state index in [1.165, 1.54) is 12.1 Å². The maximum absolute atomic E-state index is 12.7. The van der Waals surface area contributed by atoms with Gasteiger partial charge in [-0.25, -0.2) is 0 Å². The highest BCUT2D eigenvalue weighted by Gasteiger charge is 2.46. The summed E-state index contributed by atoms with van der Waals surface area (Å²) in [5.41, 5.74) is -3.50. The molecule has 2 aromatic carbocycles. The molecule has 0 unspecified atom stereocenters. The van der Waals surface area contributed by atoms with E-state index in [4.69, 9.17) is 4.84 Å². The first kappa shape index (κ1) is 26.0. The number of nitrogens with zero attached hydrogens (tertiary/aromatic N) is 1. The number of oxime groups is 1. The summed E-state index contributed by atoms with van der Waals surface area (Å²) in [5.74, 6) is 0. The molecule has 0 saturated carbocycles. The van der Waals surface area contributed by atoms with Gasteiger partial charge in [-0.1, -0.05) is 65.6 Å². The molecule has 0 atom stereocenters. The largest absolute Gasteiger partial charge is 0.516 e. The molecule has 2 rings (SSSR count). The summed E-state index contributed by atoms with van der Waals surface area (Å²) in [4.78, 5) is 5.33. The van der Waals surface area contributed by atoms with Crippen LogP contribution >= 0.6 is 15.9 Å². The molecule has 0 aliphatic rings. The Hall–Kier alpha value is -2.07. The molecule has 0 aliphatic heterocycles. The predicted molar refractivity (Wildman–Crippen MR) is 117 cm³/mol. The summed E-state index contributed by atoms with van der Waals surface area (Å²) in [6.45, 7) is 7.64. The lowest BCUT2D eigenvalue weighted by atomic mass is 10.0. The van der Waals surface area contributed by atoms with Crippen LogP contribution in [0.15, 0.2) is 52.1 Å². The van der Waals surface area contributed by atoms with Crippen molar-refractivity contribution in [3.8, 4) is 0 Å². The highest BCUT2D eigenvalue weighted by Crippen LogP contribution is 2.28. The van der Waals surface area contributed by atoms with E-state index in [2.05, 4.69) is 21.1 Å². The molecule has 0 aliphatic carbocycles. The average molecular weight is 509 g/mol. The second-order valence-corrected chi connectivity index (χ2v) is 8.48. The standard InChI is InChI=1S/C18H18BrF3N2O3S.C2H6/c1-3-16(23-27-11-13-5-7-14(19)8-6-13)15-10-12(2)4-9-17(15)24-28(25,26)18(20,21)22;1-2/h4-10,24H,3,11H2,1-2H3;1-2H3/b23-16+;. The number of hydrogen-bond donors (Lipinski definition) is 1. The lowest BCUT2D eigenvalue weighted by Gasteiger charge is -2.15. The van der Waals surface area contributed by atoms with Crippen LogP contribution in [0.5, 0.6) is 0 Å². The van der Waals surface area contributed by atoms with Crippen molar-refractivity contribution in [3.63, 3.8) is 0 Å². The summed E-state index contributed by atoms with van der Waals surface area (Å²) < 4.78 is 63.6. The SMILES string of the molecule is CC.CC/C(=N\OCc1ccc(Br)cc1)c1cc(C)ccc1NS(=O)(=O)C(F)(F)F. The van der Waals surface area contributed by atoms with Crippen LogP contribution in [0.1, 0.15) is 43.9 Å². The van der Waals surface area contributed by atoms with Crippen LogP contribution in [0.2, 0.25) is 0 Å². The van der Waals surface area contributed by atoms with E-state index in [9.17, 15) is 21.6 Å². The number of halogens is 4. The smallest absolute Gasteiger partial charge is 0.391 e. The number of alkyl halides is 3. The number of nitrogens with one attached hydrogen (secondary N) is 1. The van der Waals surface area contributed by atoms with Gasteiger partial charge in [0.05, 0.1) is 11.4 Å². The molecule has 0 radical (unpaired) electrons. The fourth-order valence-corrected chi connectivity index (χ4v) is 3.11.